The highest BCUT2D eigenvalue weighted by Crippen LogP contribution is 2.26. The zero-order chi connectivity index (χ0) is 14.5. The maximum atomic E-state index is 5.38. The van der Waals surface area contributed by atoms with Gasteiger partial charge in [-0.25, -0.2) is 4.98 Å². The summed E-state index contributed by atoms with van der Waals surface area (Å²) in [6.45, 7) is 2.63. The Hall–Kier alpha value is -1.75. The fourth-order valence-corrected chi connectivity index (χ4v) is 2.30. The van der Waals surface area contributed by atoms with Gasteiger partial charge >= 0.3 is 0 Å². The van der Waals surface area contributed by atoms with Crippen molar-refractivity contribution in [3.05, 3.63) is 46.2 Å². The van der Waals surface area contributed by atoms with E-state index in [1.54, 1.807) is 14.2 Å². The summed E-state index contributed by atoms with van der Waals surface area (Å²) in [5.41, 5.74) is 3.02. The van der Waals surface area contributed by atoms with E-state index >= 15 is 0 Å². The number of rotatable bonds is 5. The highest BCUT2D eigenvalue weighted by Gasteiger charge is 2.06. The molecule has 0 aliphatic rings. The summed E-state index contributed by atoms with van der Waals surface area (Å²) in [6, 6.07) is 9.71. The first kappa shape index (κ1) is 14.7. The minimum absolute atomic E-state index is 0.664. The van der Waals surface area contributed by atoms with Crippen molar-refractivity contribution in [1.82, 2.24) is 4.98 Å². The Bertz CT molecular complexity index is 602. The van der Waals surface area contributed by atoms with Crippen LogP contribution >= 0.6 is 15.9 Å². The van der Waals surface area contributed by atoms with Crippen molar-refractivity contribution in [3.8, 4) is 11.5 Å². The van der Waals surface area contributed by atoms with Crippen LogP contribution in [0.5, 0.6) is 11.5 Å². The Labute approximate surface area is 127 Å². The van der Waals surface area contributed by atoms with E-state index < -0.39 is 0 Å². The number of hydrogen-bond acceptors (Lipinski definition) is 4. The van der Waals surface area contributed by atoms with E-state index in [0.717, 1.165) is 33.0 Å². The van der Waals surface area contributed by atoms with E-state index in [9.17, 15) is 0 Å². The summed E-state index contributed by atoms with van der Waals surface area (Å²) in [6.07, 6.45) is 0. The van der Waals surface area contributed by atoms with Gasteiger partial charge in [-0.1, -0.05) is 0 Å². The molecule has 0 radical (unpaired) electrons. The van der Waals surface area contributed by atoms with Gasteiger partial charge in [0.2, 0.25) is 0 Å². The van der Waals surface area contributed by atoms with Crippen LogP contribution in [0.15, 0.2) is 34.9 Å². The van der Waals surface area contributed by atoms with Crippen molar-refractivity contribution in [1.29, 1.82) is 0 Å². The predicted molar refractivity (Wildman–Crippen MR) is 83.5 cm³/mol. The van der Waals surface area contributed by atoms with Crippen molar-refractivity contribution in [3.63, 3.8) is 0 Å². The number of aryl methyl sites for hydroxylation is 1. The first-order valence-corrected chi connectivity index (χ1v) is 7.01. The van der Waals surface area contributed by atoms with Crippen LogP contribution in [0.2, 0.25) is 0 Å². The van der Waals surface area contributed by atoms with Gasteiger partial charge in [-0.2, -0.15) is 0 Å². The third-order valence-electron chi connectivity index (χ3n) is 3.02. The van der Waals surface area contributed by atoms with Crippen molar-refractivity contribution < 1.29 is 9.47 Å². The average molecular weight is 337 g/mol. The Kier molecular flexibility index (Phi) is 4.84. The Morgan fingerprint density at radius 3 is 2.60 bits per heavy atom. The number of hydrogen-bond donors (Lipinski definition) is 1. The molecule has 5 heteroatoms. The molecule has 0 saturated carbocycles. The van der Waals surface area contributed by atoms with Gasteiger partial charge in [0.15, 0.2) is 0 Å². The van der Waals surface area contributed by atoms with Crippen molar-refractivity contribution in [2.24, 2.45) is 0 Å². The zero-order valence-electron chi connectivity index (χ0n) is 11.7. The summed E-state index contributed by atoms with van der Waals surface area (Å²) in [5, 5.41) is 3.36. The number of pyridine rings is 1. The van der Waals surface area contributed by atoms with Gasteiger partial charge in [-0.15, -0.1) is 0 Å². The number of ether oxygens (including phenoxy) is 2. The molecule has 1 aromatic heterocycles. The molecule has 0 spiro atoms. The topological polar surface area (TPSA) is 43.4 Å². The minimum atomic E-state index is 0.664. The Morgan fingerprint density at radius 1 is 1.15 bits per heavy atom. The lowest BCUT2D eigenvalue weighted by Gasteiger charge is -2.13. The predicted octanol–water partition coefficient (Wildman–Crippen LogP) is 3.78. The molecule has 2 aromatic rings. The lowest BCUT2D eigenvalue weighted by molar-refractivity contribution is 0.391. The van der Waals surface area contributed by atoms with Crippen LogP contribution in [-0.2, 0) is 6.54 Å². The van der Waals surface area contributed by atoms with E-state index in [-0.39, 0.29) is 0 Å². The summed E-state index contributed by atoms with van der Waals surface area (Å²) in [5.74, 6) is 1.59. The van der Waals surface area contributed by atoms with Gasteiger partial charge < -0.3 is 14.8 Å². The summed E-state index contributed by atoms with van der Waals surface area (Å²) in [7, 11) is 3.30. The Morgan fingerprint density at radius 2 is 1.95 bits per heavy atom. The van der Waals surface area contributed by atoms with Crippen LogP contribution in [0.25, 0.3) is 0 Å². The lowest BCUT2D eigenvalue weighted by atomic mass is 10.2. The summed E-state index contributed by atoms with van der Waals surface area (Å²) >= 11 is 3.36. The number of anilines is 1. The second-order valence-electron chi connectivity index (χ2n) is 4.30. The molecule has 2 rings (SSSR count). The quantitative estimate of drug-likeness (QED) is 0.844. The maximum Gasteiger partial charge on any atom is 0.127 e. The van der Waals surface area contributed by atoms with Crippen LogP contribution in [-0.4, -0.2) is 19.2 Å². The second kappa shape index (κ2) is 6.61. The standard InChI is InChI=1S/C15H17BrN2O2/c1-10-13(6-7-15(16)18-10)17-9-11-4-5-12(19-2)8-14(11)20-3/h4-8,17H,9H2,1-3H3. The number of nitrogens with zero attached hydrogens (tertiary/aromatic N) is 1. The molecule has 0 unspecified atom stereocenters. The third kappa shape index (κ3) is 3.42. The fraction of sp³-hybridized carbons (Fsp3) is 0.267. The second-order valence-corrected chi connectivity index (χ2v) is 5.11. The molecular weight excluding hydrogens is 320 g/mol. The molecule has 0 aliphatic carbocycles. The van der Waals surface area contributed by atoms with Gasteiger partial charge in [-0.05, 0) is 47.1 Å². The maximum absolute atomic E-state index is 5.38. The van der Waals surface area contributed by atoms with Gasteiger partial charge in [0, 0.05) is 18.2 Å². The van der Waals surface area contributed by atoms with Crippen LogP contribution in [0.3, 0.4) is 0 Å². The van der Waals surface area contributed by atoms with Gasteiger partial charge in [0.25, 0.3) is 0 Å². The smallest absolute Gasteiger partial charge is 0.127 e. The summed E-state index contributed by atoms with van der Waals surface area (Å²) in [4.78, 5) is 4.36. The average Bonchev–Trinajstić information content (AvgIpc) is 2.46. The van der Waals surface area contributed by atoms with E-state index in [0.29, 0.717) is 6.54 Å². The monoisotopic (exact) mass is 336 g/mol. The highest BCUT2D eigenvalue weighted by molar-refractivity contribution is 9.10. The molecule has 0 fully saturated rings. The minimum Gasteiger partial charge on any atom is -0.497 e. The van der Waals surface area contributed by atoms with Gasteiger partial charge in [-0.3, -0.25) is 0 Å². The molecule has 0 bridgehead atoms. The molecule has 106 valence electrons. The number of methoxy groups -OCH3 is 2. The van der Waals surface area contributed by atoms with Crippen molar-refractivity contribution >= 4 is 21.6 Å². The molecule has 4 nitrogen and oxygen atoms in total. The number of benzene rings is 1. The number of aromatic nitrogens is 1. The van der Waals surface area contributed by atoms with E-state index in [1.807, 2.05) is 37.3 Å². The van der Waals surface area contributed by atoms with Crippen LogP contribution in [0, 0.1) is 6.92 Å². The van der Waals surface area contributed by atoms with Gasteiger partial charge in [0.05, 0.1) is 25.6 Å². The molecule has 0 amide bonds. The summed E-state index contributed by atoms with van der Waals surface area (Å²) < 4.78 is 11.4. The zero-order valence-corrected chi connectivity index (χ0v) is 13.3. The fourth-order valence-electron chi connectivity index (χ4n) is 1.91. The molecule has 1 aromatic carbocycles. The molecule has 20 heavy (non-hydrogen) atoms. The number of nitrogens with one attached hydrogen (secondary N) is 1. The molecule has 0 saturated heterocycles. The molecule has 0 aliphatic heterocycles. The van der Waals surface area contributed by atoms with Crippen LogP contribution in [0.4, 0.5) is 5.69 Å². The lowest BCUT2D eigenvalue weighted by Crippen LogP contribution is -2.04. The first-order valence-electron chi connectivity index (χ1n) is 6.22. The SMILES string of the molecule is COc1ccc(CNc2ccc(Br)nc2C)c(OC)c1. The third-order valence-corrected chi connectivity index (χ3v) is 3.46. The molecule has 1 N–H and O–H groups in total. The molecular formula is C15H17BrN2O2. The normalized spacial score (nSPS) is 10.2. The van der Waals surface area contributed by atoms with E-state index in [1.165, 1.54) is 0 Å². The van der Waals surface area contributed by atoms with E-state index in [2.05, 4.69) is 26.2 Å². The van der Waals surface area contributed by atoms with Crippen LogP contribution < -0.4 is 14.8 Å². The van der Waals surface area contributed by atoms with Crippen molar-refractivity contribution in [2.75, 3.05) is 19.5 Å². The van der Waals surface area contributed by atoms with Crippen LogP contribution in [0.1, 0.15) is 11.3 Å². The Balaban J connectivity index is 2.14. The first-order chi connectivity index (χ1) is 9.63. The van der Waals surface area contributed by atoms with E-state index in [4.69, 9.17) is 9.47 Å². The van der Waals surface area contributed by atoms with Gasteiger partial charge in [0.1, 0.15) is 16.1 Å². The highest BCUT2D eigenvalue weighted by atomic mass is 79.9. The van der Waals surface area contributed by atoms with Crippen molar-refractivity contribution in [2.45, 2.75) is 13.5 Å². The molecule has 0 atom stereocenters. The number of halogens is 1. The largest absolute Gasteiger partial charge is 0.497 e. The molecule has 1 heterocycles.